The number of nitrogens with one attached hydrogen (secondary N) is 1. The van der Waals surface area contributed by atoms with Crippen molar-refractivity contribution >= 4 is 18.3 Å². The van der Waals surface area contributed by atoms with Gasteiger partial charge in [0, 0.05) is 6.04 Å². The van der Waals surface area contributed by atoms with Crippen molar-refractivity contribution in [3.8, 4) is 0 Å². The Bertz CT molecular complexity index is 233. The van der Waals surface area contributed by atoms with E-state index in [1.807, 2.05) is 6.92 Å². The van der Waals surface area contributed by atoms with Crippen molar-refractivity contribution in [2.45, 2.75) is 65.0 Å². The van der Waals surface area contributed by atoms with Crippen molar-refractivity contribution in [3.63, 3.8) is 0 Å². The van der Waals surface area contributed by atoms with Gasteiger partial charge in [-0.15, -0.1) is 12.4 Å². The number of hydrogen-bond donors (Lipinski definition) is 2. The van der Waals surface area contributed by atoms with Gasteiger partial charge in [-0.1, -0.05) is 33.6 Å². The fraction of sp³-hybridized carbons (Fsp3) is 0.923. The molecule has 0 aromatic carbocycles. The van der Waals surface area contributed by atoms with Crippen LogP contribution >= 0.6 is 12.4 Å². The highest BCUT2D eigenvalue weighted by Crippen LogP contribution is 2.30. The van der Waals surface area contributed by atoms with Crippen LogP contribution in [-0.2, 0) is 4.79 Å². The highest BCUT2D eigenvalue weighted by Gasteiger charge is 2.29. The molecule has 0 bridgehead atoms. The Morgan fingerprint density at radius 3 is 2.47 bits per heavy atom. The molecular formula is C13H27ClN2O. The third-order valence-electron chi connectivity index (χ3n) is 3.78. The Morgan fingerprint density at radius 2 is 1.94 bits per heavy atom. The van der Waals surface area contributed by atoms with Crippen LogP contribution in [0.5, 0.6) is 0 Å². The van der Waals surface area contributed by atoms with Crippen LogP contribution in [0.4, 0.5) is 0 Å². The molecule has 0 aromatic heterocycles. The number of nitrogens with two attached hydrogens (primary N) is 1. The maximum absolute atomic E-state index is 11.8. The first-order valence-electron chi connectivity index (χ1n) is 6.62. The zero-order valence-electron chi connectivity index (χ0n) is 11.2. The summed E-state index contributed by atoms with van der Waals surface area (Å²) in [7, 11) is 0. The van der Waals surface area contributed by atoms with Crippen LogP contribution in [0.3, 0.4) is 0 Å². The molecular weight excluding hydrogens is 236 g/mol. The van der Waals surface area contributed by atoms with Gasteiger partial charge in [-0.25, -0.2) is 0 Å². The third kappa shape index (κ3) is 4.84. The number of hydrogen-bond acceptors (Lipinski definition) is 2. The molecule has 0 aliphatic heterocycles. The summed E-state index contributed by atoms with van der Waals surface area (Å²) in [6.07, 6.45) is 5.60. The van der Waals surface area contributed by atoms with Crippen LogP contribution in [0.2, 0.25) is 0 Å². The Balaban J connectivity index is 0.00000256. The molecule has 0 saturated heterocycles. The quantitative estimate of drug-likeness (QED) is 0.818. The first kappa shape index (κ1) is 16.7. The molecule has 102 valence electrons. The molecule has 3 nitrogen and oxygen atoms in total. The molecule has 17 heavy (non-hydrogen) atoms. The van der Waals surface area contributed by atoms with E-state index in [2.05, 4.69) is 19.2 Å². The Hall–Kier alpha value is -0.280. The molecule has 0 radical (unpaired) electrons. The second-order valence-electron chi connectivity index (χ2n) is 5.32. The molecule has 1 amide bonds. The van der Waals surface area contributed by atoms with Crippen molar-refractivity contribution < 1.29 is 4.79 Å². The standard InChI is InChI=1S/C13H26N2O.ClH/c1-4-11(14)13(16)15-12-8-6-5-7-10(12)9(2)3;/h9-12H,4-8,14H2,1-3H3,(H,15,16);1H/t10?,11-,12?;/m0./s1. The average Bonchev–Trinajstić information content (AvgIpc) is 2.28. The van der Waals surface area contributed by atoms with E-state index >= 15 is 0 Å². The molecule has 1 aliphatic rings. The number of amides is 1. The molecule has 2 unspecified atom stereocenters. The van der Waals surface area contributed by atoms with Gasteiger partial charge in [0.2, 0.25) is 5.91 Å². The van der Waals surface area contributed by atoms with Crippen LogP contribution in [-0.4, -0.2) is 18.0 Å². The molecule has 3 atom stereocenters. The fourth-order valence-electron chi connectivity index (χ4n) is 2.61. The average molecular weight is 263 g/mol. The minimum Gasteiger partial charge on any atom is -0.352 e. The maximum Gasteiger partial charge on any atom is 0.237 e. The number of halogens is 1. The van der Waals surface area contributed by atoms with Gasteiger partial charge in [-0.05, 0) is 31.1 Å². The van der Waals surface area contributed by atoms with Gasteiger partial charge in [0.15, 0.2) is 0 Å². The third-order valence-corrected chi connectivity index (χ3v) is 3.78. The lowest BCUT2D eigenvalue weighted by atomic mass is 9.78. The van der Waals surface area contributed by atoms with Crippen molar-refractivity contribution in [2.24, 2.45) is 17.6 Å². The molecule has 1 saturated carbocycles. The van der Waals surface area contributed by atoms with E-state index in [4.69, 9.17) is 5.73 Å². The molecule has 3 N–H and O–H groups in total. The van der Waals surface area contributed by atoms with Crippen molar-refractivity contribution in [3.05, 3.63) is 0 Å². The fourth-order valence-corrected chi connectivity index (χ4v) is 2.61. The van der Waals surface area contributed by atoms with E-state index < -0.39 is 0 Å². The van der Waals surface area contributed by atoms with Gasteiger partial charge in [-0.2, -0.15) is 0 Å². The van der Waals surface area contributed by atoms with Crippen LogP contribution in [0, 0.1) is 11.8 Å². The van der Waals surface area contributed by atoms with Crippen LogP contribution in [0.25, 0.3) is 0 Å². The second-order valence-corrected chi connectivity index (χ2v) is 5.32. The lowest BCUT2D eigenvalue weighted by Crippen LogP contribution is -2.49. The number of carbonyl (C=O) groups is 1. The van der Waals surface area contributed by atoms with Crippen LogP contribution in [0.1, 0.15) is 52.9 Å². The molecule has 1 aliphatic carbocycles. The number of rotatable bonds is 4. The zero-order chi connectivity index (χ0) is 12.1. The monoisotopic (exact) mass is 262 g/mol. The molecule has 0 aromatic rings. The van der Waals surface area contributed by atoms with Crippen molar-refractivity contribution in [2.75, 3.05) is 0 Å². The summed E-state index contributed by atoms with van der Waals surface area (Å²) in [6.45, 7) is 6.44. The Labute approximate surface area is 111 Å². The zero-order valence-corrected chi connectivity index (χ0v) is 12.1. The second kappa shape index (κ2) is 7.93. The normalized spacial score (nSPS) is 26.2. The van der Waals surface area contributed by atoms with Gasteiger partial charge in [-0.3, -0.25) is 4.79 Å². The summed E-state index contributed by atoms with van der Waals surface area (Å²) < 4.78 is 0. The maximum atomic E-state index is 11.8. The van der Waals surface area contributed by atoms with E-state index in [9.17, 15) is 4.79 Å². The summed E-state index contributed by atoms with van der Waals surface area (Å²) in [5, 5.41) is 3.14. The predicted octanol–water partition coefficient (Wildman–Crippen LogP) is 2.48. The van der Waals surface area contributed by atoms with Crippen molar-refractivity contribution in [1.29, 1.82) is 0 Å². The van der Waals surface area contributed by atoms with Crippen molar-refractivity contribution in [1.82, 2.24) is 5.32 Å². The molecule has 1 rings (SSSR count). The van der Waals surface area contributed by atoms with Gasteiger partial charge in [0.1, 0.15) is 0 Å². The minimum atomic E-state index is -0.338. The molecule has 0 heterocycles. The Kier molecular flexibility index (Phi) is 7.80. The topological polar surface area (TPSA) is 55.1 Å². The summed E-state index contributed by atoms with van der Waals surface area (Å²) in [5.41, 5.74) is 5.74. The summed E-state index contributed by atoms with van der Waals surface area (Å²) >= 11 is 0. The SMILES string of the molecule is CC[C@H](N)C(=O)NC1CCCCC1C(C)C.Cl. The minimum absolute atomic E-state index is 0. The molecule has 4 heteroatoms. The van der Waals surface area contributed by atoms with Gasteiger partial charge >= 0.3 is 0 Å². The smallest absolute Gasteiger partial charge is 0.237 e. The highest BCUT2D eigenvalue weighted by atomic mass is 35.5. The predicted molar refractivity (Wildman–Crippen MR) is 74.2 cm³/mol. The number of carbonyl (C=O) groups excluding carboxylic acids is 1. The largest absolute Gasteiger partial charge is 0.352 e. The lowest BCUT2D eigenvalue weighted by Gasteiger charge is -2.35. The van der Waals surface area contributed by atoms with E-state index in [1.54, 1.807) is 0 Å². The summed E-state index contributed by atoms with van der Waals surface area (Å²) in [4.78, 5) is 11.8. The first-order valence-corrected chi connectivity index (χ1v) is 6.62. The highest BCUT2D eigenvalue weighted by molar-refractivity contribution is 5.85. The molecule has 1 fully saturated rings. The van der Waals surface area contributed by atoms with Gasteiger partial charge in [0.25, 0.3) is 0 Å². The van der Waals surface area contributed by atoms with E-state index in [0.29, 0.717) is 24.3 Å². The first-order chi connectivity index (χ1) is 7.56. The van der Waals surface area contributed by atoms with Gasteiger partial charge in [0.05, 0.1) is 6.04 Å². The summed E-state index contributed by atoms with van der Waals surface area (Å²) in [6, 6.07) is 0.00795. The van der Waals surface area contributed by atoms with Gasteiger partial charge < -0.3 is 11.1 Å². The molecule has 0 spiro atoms. The van der Waals surface area contributed by atoms with E-state index in [0.717, 1.165) is 6.42 Å². The van der Waals surface area contributed by atoms with E-state index in [-0.39, 0.29) is 24.4 Å². The Morgan fingerprint density at radius 1 is 1.35 bits per heavy atom. The summed E-state index contributed by atoms with van der Waals surface area (Å²) in [5.74, 6) is 1.30. The lowest BCUT2D eigenvalue weighted by molar-refractivity contribution is -0.123. The van der Waals surface area contributed by atoms with Crippen LogP contribution in [0.15, 0.2) is 0 Å². The van der Waals surface area contributed by atoms with Crippen LogP contribution < -0.4 is 11.1 Å². The van der Waals surface area contributed by atoms with E-state index in [1.165, 1.54) is 19.3 Å².